The zero-order valence-corrected chi connectivity index (χ0v) is 10.1. The minimum absolute atomic E-state index is 0.228. The summed E-state index contributed by atoms with van der Waals surface area (Å²) in [5.41, 5.74) is 0. The van der Waals surface area contributed by atoms with Gasteiger partial charge in [-0.25, -0.2) is 0 Å². The molecule has 1 aliphatic rings. The van der Waals surface area contributed by atoms with Crippen molar-refractivity contribution in [1.82, 2.24) is 15.0 Å². The first-order chi connectivity index (χ1) is 7.78. The highest BCUT2D eigenvalue weighted by Crippen LogP contribution is 2.21. The molecule has 0 saturated heterocycles. The van der Waals surface area contributed by atoms with Crippen LogP contribution in [0.1, 0.15) is 32.6 Å². The Labute approximate surface area is 100 Å². The highest BCUT2D eigenvalue weighted by Gasteiger charge is 2.16. The number of rotatable bonds is 4. The zero-order valence-electron chi connectivity index (χ0n) is 9.33. The van der Waals surface area contributed by atoms with Crippen LogP contribution in [-0.2, 0) is 0 Å². The number of nitrogens with one attached hydrogen (secondary N) is 2. The second-order valence-corrected chi connectivity index (χ2v) is 4.25. The molecule has 88 valence electrons. The molecule has 1 aliphatic carbocycles. The van der Waals surface area contributed by atoms with Crippen LogP contribution >= 0.6 is 11.6 Å². The predicted molar refractivity (Wildman–Crippen MR) is 64.9 cm³/mol. The quantitative estimate of drug-likeness (QED) is 0.847. The first-order valence-corrected chi connectivity index (χ1v) is 6.07. The van der Waals surface area contributed by atoms with E-state index >= 15 is 0 Å². The van der Waals surface area contributed by atoms with Crippen molar-refractivity contribution >= 4 is 23.5 Å². The number of hydrogen-bond donors (Lipinski definition) is 2. The van der Waals surface area contributed by atoms with E-state index in [1.54, 1.807) is 0 Å². The van der Waals surface area contributed by atoms with Crippen LogP contribution in [0.2, 0.25) is 5.28 Å². The summed E-state index contributed by atoms with van der Waals surface area (Å²) in [5, 5.41) is 6.55. The fourth-order valence-electron chi connectivity index (χ4n) is 1.90. The molecule has 1 saturated carbocycles. The molecule has 16 heavy (non-hydrogen) atoms. The van der Waals surface area contributed by atoms with Crippen LogP contribution in [0.25, 0.3) is 0 Å². The van der Waals surface area contributed by atoms with E-state index in [2.05, 4.69) is 25.6 Å². The van der Waals surface area contributed by atoms with Gasteiger partial charge in [0.25, 0.3) is 0 Å². The van der Waals surface area contributed by atoms with Crippen molar-refractivity contribution in [2.75, 3.05) is 17.2 Å². The van der Waals surface area contributed by atoms with Crippen LogP contribution in [0.5, 0.6) is 0 Å². The molecule has 0 aromatic carbocycles. The van der Waals surface area contributed by atoms with Gasteiger partial charge in [0.05, 0.1) is 0 Å². The largest absolute Gasteiger partial charge is 0.354 e. The van der Waals surface area contributed by atoms with Crippen molar-refractivity contribution in [3.63, 3.8) is 0 Å². The normalized spacial score (nSPS) is 16.4. The Kier molecular flexibility index (Phi) is 3.77. The summed E-state index contributed by atoms with van der Waals surface area (Å²) in [5.74, 6) is 1.10. The smallest absolute Gasteiger partial charge is 0.229 e. The van der Waals surface area contributed by atoms with Crippen LogP contribution in [0.15, 0.2) is 0 Å². The van der Waals surface area contributed by atoms with Gasteiger partial charge in [-0.2, -0.15) is 15.0 Å². The topological polar surface area (TPSA) is 62.7 Å². The number of anilines is 2. The van der Waals surface area contributed by atoms with Crippen molar-refractivity contribution in [1.29, 1.82) is 0 Å². The van der Waals surface area contributed by atoms with Gasteiger partial charge in [0.15, 0.2) is 0 Å². The van der Waals surface area contributed by atoms with E-state index in [9.17, 15) is 0 Å². The minimum atomic E-state index is 0.228. The van der Waals surface area contributed by atoms with Gasteiger partial charge >= 0.3 is 0 Å². The monoisotopic (exact) mass is 241 g/mol. The van der Waals surface area contributed by atoms with Gasteiger partial charge in [-0.15, -0.1) is 0 Å². The molecular weight excluding hydrogens is 226 g/mol. The van der Waals surface area contributed by atoms with Gasteiger partial charge in [0.1, 0.15) is 0 Å². The lowest BCUT2D eigenvalue weighted by atomic mass is 10.3. The van der Waals surface area contributed by atoms with Crippen LogP contribution in [0.4, 0.5) is 11.9 Å². The van der Waals surface area contributed by atoms with E-state index in [1.807, 2.05) is 6.92 Å². The van der Waals surface area contributed by atoms with Crippen molar-refractivity contribution in [3.8, 4) is 0 Å². The van der Waals surface area contributed by atoms with E-state index < -0.39 is 0 Å². The van der Waals surface area contributed by atoms with Gasteiger partial charge in [0, 0.05) is 12.6 Å². The third-order valence-electron chi connectivity index (χ3n) is 2.63. The van der Waals surface area contributed by atoms with Crippen LogP contribution in [-0.4, -0.2) is 27.5 Å². The van der Waals surface area contributed by atoms with E-state index in [0.29, 0.717) is 17.9 Å². The molecule has 2 rings (SSSR count). The molecule has 0 atom stereocenters. The fraction of sp³-hybridized carbons (Fsp3) is 0.700. The van der Waals surface area contributed by atoms with Crippen LogP contribution in [0.3, 0.4) is 0 Å². The lowest BCUT2D eigenvalue weighted by Crippen LogP contribution is -2.17. The third-order valence-corrected chi connectivity index (χ3v) is 2.80. The molecule has 1 aromatic heterocycles. The maximum atomic E-state index is 5.83. The Balaban J connectivity index is 2.06. The number of halogens is 1. The standard InChI is InChI=1S/C10H16ClN5/c1-2-12-9-14-8(11)15-10(16-9)13-7-5-3-4-6-7/h7H,2-6H2,1H3,(H2,12,13,14,15,16). The zero-order chi connectivity index (χ0) is 11.4. The summed E-state index contributed by atoms with van der Waals surface area (Å²) < 4.78 is 0. The lowest BCUT2D eigenvalue weighted by molar-refractivity contribution is 0.742. The predicted octanol–water partition coefficient (Wildman–Crippen LogP) is 2.31. The Bertz CT molecular complexity index is 351. The van der Waals surface area contributed by atoms with E-state index in [4.69, 9.17) is 11.6 Å². The van der Waals surface area contributed by atoms with Crippen molar-refractivity contribution in [2.45, 2.75) is 38.6 Å². The summed E-state index contributed by atoms with van der Waals surface area (Å²) in [4.78, 5) is 12.3. The summed E-state index contributed by atoms with van der Waals surface area (Å²) in [6, 6.07) is 0.480. The molecule has 2 N–H and O–H groups in total. The second kappa shape index (κ2) is 5.30. The fourth-order valence-corrected chi connectivity index (χ4v) is 2.06. The molecule has 1 fully saturated rings. The SMILES string of the molecule is CCNc1nc(Cl)nc(NC2CCCC2)n1. The first-order valence-electron chi connectivity index (χ1n) is 5.70. The molecule has 0 bridgehead atoms. The number of nitrogens with zero attached hydrogens (tertiary/aromatic N) is 3. The molecule has 0 spiro atoms. The summed E-state index contributed by atoms with van der Waals surface area (Å²) in [6.07, 6.45) is 4.91. The molecule has 6 heteroatoms. The molecule has 0 amide bonds. The highest BCUT2D eigenvalue weighted by molar-refractivity contribution is 6.28. The molecular formula is C10H16ClN5. The van der Waals surface area contributed by atoms with E-state index in [-0.39, 0.29) is 5.28 Å². The molecule has 0 aliphatic heterocycles. The molecule has 0 unspecified atom stereocenters. The average Bonchev–Trinajstić information content (AvgIpc) is 2.70. The molecule has 1 heterocycles. The average molecular weight is 242 g/mol. The Morgan fingerprint density at radius 3 is 2.56 bits per heavy atom. The first kappa shape index (κ1) is 11.4. The van der Waals surface area contributed by atoms with Gasteiger partial charge in [-0.1, -0.05) is 12.8 Å². The highest BCUT2D eigenvalue weighted by atomic mass is 35.5. The van der Waals surface area contributed by atoms with Gasteiger partial charge in [0.2, 0.25) is 17.2 Å². The van der Waals surface area contributed by atoms with Crippen molar-refractivity contribution < 1.29 is 0 Å². The van der Waals surface area contributed by atoms with E-state index in [1.165, 1.54) is 25.7 Å². The number of aromatic nitrogens is 3. The maximum Gasteiger partial charge on any atom is 0.229 e. The summed E-state index contributed by atoms with van der Waals surface area (Å²) in [7, 11) is 0. The third kappa shape index (κ3) is 2.95. The molecule has 5 nitrogen and oxygen atoms in total. The van der Waals surface area contributed by atoms with Crippen molar-refractivity contribution in [2.24, 2.45) is 0 Å². The Morgan fingerprint density at radius 1 is 1.19 bits per heavy atom. The van der Waals surface area contributed by atoms with Gasteiger partial charge in [-0.05, 0) is 31.4 Å². The number of hydrogen-bond acceptors (Lipinski definition) is 5. The summed E-state index contributed by atoms with van der Waals surface area (Å²) in [6.45, 7) is 2.75. The second-order valence-electron chi connectivity index (χ2n) is 3.91. The van der Waals surface area contributed by atoms with Crippen molar-refractivity contribution in [3.05, 3.63) is 5.28 Å². The van der Waals surface area contributed by atoms with Gasteiger partial charge in [-0.3, -0.25) is 0 Å². The Hall–Kier alpha value is -1.10. The maximum absolute atomic E-state index is 5.83. The Morgan fingerprint density at radius 2 is 1.88 bits per heavy atom. The van der Waals surface area contributed by atoms with Crippen LogP contribution in [0, 0.1) is 0 Å². The minimum Gasteiger partial charge on any atom is -0.354 e. The lowest BCUT2D eigenvalue weighted by Gasteiger charge is -2.12. The van der Waals surface area contributed by atoms with Crippen LogP contribution < -0.4 is 10.6 Å². The molecule has 0 radical (unpaired) electrons. The van der Waals surface area contributed by atoms with E-state index in [0.717, 1.165) is 6.54 Å². The molecule has 1 aromatic rings. The summed E-state index contributed by atoms with van der Waals surface area (Å²) >= 11 is 5.83. The van der Waals surface area contributed by atoms with Gasteiger partial charge < -0.3 is 10.6 Å².